The molecule has 2 N–H and O–H groups in total. The number of ether oxygens (including phenoxy) is 1. The lowest BCUT2D eigenvalue weighted by Crippen LogP contribution is -2.81. The number of rotatable bonds is 5. The average molecular weight is 541 g/mol. The Morgan fingerprint density at radius 3 is 2.82 bits per heavy atom. The minimum absolute atomic E-state index is 0.0526. The number of halogens is 3. The number of aromatic hydroxyl groups is 1. The van der Waals surface area contributed by atoms with Crippen molar-refractivity contribution in [1.29, 1.82) is 0 Å². The summed E-state index contributed by atoms with van der Waals surface area (Å²) in [6.45, 7) is 5.19. The zero-order valence-electron chi connectivity index (χ0n) is 21.6. The molecule has 2 aliphatic heterocycles. The number of amides is 1. The predicted octanol–water partition coefficient (Wildman–Crippen LogP) is 4.29. The van der Waals surface area contributed by atoms with Gasteiger partial charge in [-0.25, -0.2) is 0 Å². The summed E-state index contributed by atoms with van der Waals surface area (Å²) in [5.74, 6) is 0.0809. The second-order valence-corrected chi connectivity index (χ2v) is 11.1. The second kappa shape index (κ2) is 8.86. The van der Waals surface area contributed by atoms with Gasteiger partial charge in [0.05, 0.1) is 17.0 Å². The van der Waals surface area contributed by atoms with E-state index in [1.54, 1.807) is 13.1 Å². The predicted molar refractivity (Wildman–Crippen MR) is 139 cm³/mol. The largest absolute Gasteiger partial charge is 0.504 e. The first-order valence-electron chi connectivity index (χ1n) is 13.2. The number of aliphatic hydroxyl groups is 1. The Bertz CT molecular complexity index is 1370. The van der Waals surface area contributed by atoms with Crippen molar-refractivity contribution in [2.24, 2.45) is 0 Å². The number of hydrogen-bond acceptors (Lipinski definition) is 5. The van der Waals surface area contributed by atoms with Gasteiger partial charge >= 0.3 is 6.18 Å². The van der Waals surface area contributed by atoms with E-state index in [9.17, 15) is 28.2 Å². The van der Waals surface area contributed by atoms with Gasteiger partial charge in [0.2, 0.25) is 5.91 Å². The van der Waals surface area contributed by atoms with Gasteiger partial charge in [-0.2, -0.15) is 13.2 Å². The highest BCUT2D eigenvalue weighted by molar-refractivity contribution is 5.92. The molecule has 1 saturated carbocycles. The van der Waals surface area contributed by atoms with Crippen LogP contribution in [0.15, 0.2) is 55.1 Å². The Balaban J connectivity index is 1.38. The first kappa shape index (κ1) is 26.0. The molecule has 1 saturated heterocycles. The van der Waals surface area contributed by atoms with Gasteiger partial charge in [0.15, 0.2) is 11.5 Å². The standard InChI is InChI=1S/C30H31F3N2O4/c1-3-14-35-15-13-28-24-11-10-22(29(28,38)23(35)17-19-8-9-21(36)27(39-24)26(19)28)34(2)25(37)12-7-18-5-4-6-20(16-18)30(31,32)33/h3-9,12,16,22-24,36,38H,1,10-11,13-15,17H2,2H3/t22-,23-,24+,28-,29-/m1/s1. The molecule has 2 fully saturated rings. The molecular formula is C30H31F3N2O4. The first-order chi connectivity index (χ1) is 18.5. The molecule has 4 aliphatic rings. The summed E-state index contributed by atoms with van der Waals surface area (Å²) in [5, 5.41) is 23.6. The Morgan fingerprint density at radius 1 is 1.28 bits per heavy atom. The van der Waals surface area contributed by atoms with Crippen LogP contribution >= 0.6 is 0 Å². The van der Waals surface area contributed by atoms with E-state index in [0.29, 0.717) is 44.5 Å². The van der Waals surface area contributed by atoms with Crippen LogP contribution in [0.5, 0.6) is 11.5 Å². The van der Waals surface area contributed by atoms with E-state index >= 15 is 0 Å². The zero-order chi connectivity index (χ0) is 27.7. The van der Waals surface area contributed by atoms with Crippen LogP contribution in [0.4, 0.5) is 13.2 Å². The average Bonchev–Trinajstić information content (AvgIpc) is 3.24. The second-order valence-electron chi connectivity index (χ2n) is 11.1. The van der Waals surface area contributed by atoms with Crippen molar-refractivity contribution in [3.8, 4) is 11.5 Å². The Labute approximate surface area is 225 Å². The number of nitrogens with zero attached hydrogens (tertiary/aromatic N) is 2. The van der Waals surface area contributed by atoms with Crippen molar-refractivity contribution in [2.75, 3.05) is 20.1 Å². The van der Waals surface area contributed by atoms with Crippen LogP contribution in [-0.4, -0.2) is 69.8 Å². The molecule has 2 aromatic rings. The summed E-state index contributed by atoms with van der Waals surface area (Å²) in [5.41, 5.74) is -0.801. The number of phenols is 1. The maximum Gasteiger partial charge on any atom is 0.416 e. The van der Waals surface area contributed by atoms with E-state index in [0.717, 1.165) is 23.3 Å². The third-order valence-electron chi connectivity index (χ3n) is 9.37. The molecule has 1 spiro atoms. The highest BCUT2D eigenvalue weighted by Gasteiger charge is 2.74. The van der Waals surface area contributed by atoms with Crippen molar-refractivity contribution >= 4 is 12.0 Å². The van der Waals surface area contributed by atoms with E-state index in [1.807, 2.05) is 12.1 Å². The molecule has 2 heterocycles. The van der Waals surface area contributed by atoms with E-state index in [2.05, 4.69) is 11.5 Å². The minimum atomic E-state index is -4.48. The van der Waals surface area contributed by atoms with Crippen LogP contribution in [-0.2, 0) is 22.8 Å². The van der Waals surface area contributed by atoms with Gasteiger partial charge in [0.25, 0.3) is 0 Å². The van der Waals surface area contributed by atoms with Crippen molar-refractivity contribution in [1.82, 2.24) is 9.80 Å². The zero-order valence-corrected chi connectivity index (χ0v) is 21.6. The fourth-order valence-corrected chi connectivity index (χ4v) is 7.77. The molecule has 0 radical (unpaired) electrons. The summed E-state index contributed by atoms with van der Waals surface area (Å²) >= 11 is 0. The number of likely N-dealkylation sites (N-methyl/N-ethyl adjacent to an activating group) is 1. The maximum absolute atomic E-state index is 13.4. The fraction of sp³-hybridized carbons (Fsp3) is 0.433. The van der Waals surface area contributed by atoms with Crippen LogP contribution in [0.2, 0.25) is 0 Å². The number of benzene rings is 2. The summed E-state index contributed by atoms with van der Waals surface area (Å²) in [4.78, 5) is 17.2. The first-order valence-corrected chi connectivity index (χ1v) is 13.2. The molecule has 206 valence electrons. The van der Waals surface area contributed by atoms with Crippen LogP contribution in [0.25, 0.3) is 6.08 Å². The molecule has 0 aromatic heterocycles. The van der Waals surface area contributed by atoms with Crippen LogP contribution in [0.1, 0.15) is 41.5 Å². The molecule has 2 aromatic carbocycles. The maximum atomic E-state index is 13.4. The molecular weight excluding hydrogens is 509 g/mol. The molecule has 2 aliphatic carbocycles. The minimum Gasteiger partial charge on any atom is -0.504 e. The number of carbonyl (C=O) groups is 1. The highest BCUT2D eigenvalue weighted by Crippen LogP contribution is 2.65. The van der Waals surface area contributed by atoms with Crippen LogP contribution in [0.3, 0.4) is 0 Å². The monoisotopic (exact) mass is 540 g/mol. The topological polar surface area (TPSA) is 73.2 Å². The van der Waals surface area contributed by atoms with Gasteiger partial charge in [-0.15, -0.1) is 6.58 Å². The Hall–Kier alpha value is -3.30. The number of carbonyl (C=O) groups excluding carboxylic acids is 1. The third-order valence-corrected chi connectivity index (χ3v) is 9.37. The molecule has 9 heteroatoms. The van der Waals surface area contributed by atoms with Gasteiger partial charge in [-0.05, 0) is 67.6 Å². The normalized spacial score (nSPS) is 31.1. The lowest BCUT2D eigenvalue weighted by atomic mass is 9.47. The molecule has 1 amide bonds. The summed E-state index contributed by atoms with van der Waals surface area (Å²) in [7, 11) is 1.64. The molecule has 39 heavy (non-hydrogen) atoms. The molecule has 2 bridgehead atoms. The summed E-state index contributed by atoms with van der Waals surface area (Å²) in [6, 6.07) is 7.47. The van der Waals surface area contributed by atoms with E-state index in [4.69, 9.17) is 4.74 Å². The van der Waals surface area contributed by atoms with Crippen LogP contribution in [0, 0.1) is 0 Å². The summed E-state index contributed by atoms with van der Waals surface area (Å²) in [6.07, 6.45) is 1.83. The molecule has 0 unspecified atom stereocenters. The van der Waals surface area contributed by atoms with Crippen LogP contribution < -0.4 is 4.74 Å². The SMILES string of the molecule is C=CCN1CC[C@]23c4c5ccc(O)c4O[C@H]2CC[C@@H](N(C)C(=O)C=Cc2cccc(C(F)(F)F)c2)[C@@]3(O)[C@H]1C5. The lowest BCUT2D eigenvalue weighted by molar-refractivity contribution is -0.215. The fourth-order valence-electron chi connectivity index (χ4n) is 7.77. The highest BCUT2D eigenvalue weighted by atomic mass is 19.4. The van der Waals surface area contributed by atoms with Crippen molar-refractivity contribution in [2.45, 2.75) is 61.1 Å². The van der Waals surface area contributed by atoms with Crippen molar-refractivity contribution in [3.05, 3.63) is 77.4 Å². The molecule has 5 atom stereocenters. The number of alkyl halides is 3. The van der Waals surface area contributed by atoms with E-state index in [1.165, 1.54) is 29.2 Å². The molecule has 6 nitrogen and oxygen atoms in total. The summed E-state index contributed by atoms with van der Waals surface area (Å²) < 4.78 is 45.8. The lowest BCUT2D eigenvalue weighted by Gasteiger charge is -2.66. The quantitative estimate of drug-likeness (QED) is 0.437. The third kappa shape index (κ3) is 3.59. The van der Waals surface area contributed by atoms with Crippen molar-refractivity contribution in [3.63, 3.8) is 0 Å². The molecule has 6 rings (SSSR count). The smallest absolute Gasteiger partial charge is 0.416 e. The van der Waals surface area contributed by atoms with E-state index in [-0.39, 0.29) is 23.5 Å². The Morgan fingerprint density at radius 2 is 2.08 bits per heavy atom. The Kier molecular flexibility index (Phi) is 5.89. The number of phenolic OH excluding ortho intramolecular Hbond substituents is 1. The number of likely N-dealkylation sites (tertiary alicyclic amines) is 1. The van der Waals surface area contributed by atoms with Gasteiger partial charge in [-0.1, -0.05) is 24.3 Å². The van der Waals surface area contributed by atoms with Crippen molar-refractivity contribution < 1.29 is 32.9 Å². The number of piperidine rings is 1. The van der Waals surface area contributed by atoms with Gasteiger partial charge in [-0.3, -0.25) is 9.69 Å². The van der Waals surface area contributed by atoms with Gasteiger partial charge in [0.1, 0.15) is 11.7 Å². The number of hydrogen-bond donors (Lipinski definition) is 2. The van der Waals surface area contributed by atoms with Gasteiger partial charge in [0, 0.05) is 31.3 Å². The van der Waals surface area contributed by atoms with E-state index < -0.39 is 34.7 Å². The van der Waals surface area contributed by atoms with Gasteiger partial charge < -0.3 is 19.8 Å².